The van der Waals surface area contributed by atoms with Gasteiger partial charge in [0.05, 0.1) is 12.1 Å². The molecule has 30 heavy (non-hydrogen) atoms. The van der Waals surface area contributed by atoms with Crippen molar-refractivity contribution >= 4 is 23.0 Å². The Kier molecular flexibility index (Phi) is 6.40. The van der Waals surface area contributed by atoms with E-state index in [9.17, 15) is 18.0 Å². The number of halogens is 3. The van der Waals surface area contributed by atoms with E-state index in [0.717, 1.165) is 43.2 Å². The molecule has 2 aromatic heterocycles. The first-order valence-corrected chi connectivity index (χ1v) is 9.15. The second-order valence-corrected chi connectivity index (χ2v) is 6.56. The number of aliphatic carboxylic acids is 1. The van der Waals surface area contributed by atoms with Crippen LogP contribution in [0, 0.1) is 0 Å². The lowest BCUT2D eigenvalue weighted by Crippen LogP contribution is -2.44. The van der Waals surface area contributed by atoms with E-state index in [4.69, 9.17) is 14.9 Å². The van der Waals surface area contributed by atoms with Crippen molar-refractivity contribution in [3.8, 4) is 0 Å². The molecule has 0 amide bonds. The van der Waals surface area contributed by atoms with Gasteiger partial charge in [0.15, 0.2) is 0 Å². The maximum Gasteiger partial charge on any atom is 0.490 e. The number of nitrogens with zero attached hydrogens (tertiary/aromatic N) is 3. The molecule has 160 valence electrons. The number of anilines is 1. The fourth-order valence-corrected chi connectivity index (χ4v) is 3.10. The van der Waals surface area contributed by atoms with Crippen molar-refractivity contribution in [1.82, 2.24) is 19.9 Å². The first kappa shape index (κ1) is 21.4. The molecule has 8 nitrogen and oxygen atoms in total. The fourth-order valence-electron chi connectivity index (χ4n) is 3.10. The average molecular weight is 423 g/mol. The summed E-state index contributed by atoms with van der Waals surface area (Å²) in [6, 6.07) is 12.0. The molecule has 4 rings (SSSR count). The molecule has 0 saturated carbocycles. The van der Waals surface area contributed by atoms with Crippen LogP contribution >= 0.6 is 0 Å². The highest BCUT2D eigenvalue weighted by molar-refractivity contribution is 5.78. The molecule has 3 N–H and O–H groups in total. The number of hydrogen-bond donors (Lipinski definition) is 3. The van der Waals surface area contributed by atoms with Gasteiger partial charge in [-0.2, -0.15) is 13.2 Å². The normalized spacial score (nSPS) is 14.3. The molecule has 3 aromatic rings. The molecule has 0 spiro atoms. The number of aromatic nitrogens is 3. The van der Waals surface area contributed by atoms with Gasteiger partial charge in [0.1, 0.15) is 5.52 Å². The van der Waals surface area contributed by atoms with Crippen LogP contribution in [0.25, 0.3) is 11.0 Å². The summed E-state index contributed by atoms with van der Waals surface area (Å²) in [5, 5.41) is 10.5. The molecule has 1 fully saturated rings. The number of fused-ring (bicyclic) bond motifs is 1. The monoisotopic (exact) mass is 423 g/mol. The van der Waals surface area contributed by atoms with E-state index in [1.165, 1.54) is 0 Å². The number of carbonyl (C=O) groups is 1. The molecule has 1 aliphatic rings. The predicted octanol–water partition coefficient (Wildman–Crippen LogP) is 1.82. The zero-order valence-electron chi connectivity index (χ0n) is 15.8. The van der Waals surface area contributed by atoms with Crippen molar-refractivity contribution in [2.24, 2.45) is 0 Å². The molecule has 1 aromatic carbocycles. The SMILES string of the molecule is O=C(O)C(F)(F)F.O=c1[nH]ccc2nc(N3CCNCC3)n(Cc3ccccc3)c12. The zero-order chi connectivity index (χ0) is 21.7. The third-order valence-electron chi connectivity index (χ3n) is 4.47. The summed E-state index contributed by atoms with van der Waals surface area (Å²) < 4.78 is 33.8. The first-order chi connectivity index (χ1) is 14.3. The van der Waals surface area contributed by atoms with Crippen LogP contribution in [0.15, 0.2) is 47.4 Å². The van der Waals surface area contributed by atoms with E-state index in [0.29, 0.717) is 12.1 Å². The third kappa shape index (κ3) is 4.98. The highest BCUT2D eigenvalue weighted by Crippen LogP contribution is 2.22. The second-order valence-electron chi connectivity index (χ2n) is 6.56. The Labute approximate surface area is 169 Å². The maximum absolute atomic E-state index is 12.3. The molecule has 1 aliphatic heterocycles. The van der Waals surface area contributed by atoms with Gasteiger partial charge in [-0.1, -0.05) is 30.3 Å². The Morgan fingerprint density at radius 2 is 1.77 bits per heavy atom. The predicted molar refractivity (Wildman–Crippen MR) is 105 cm³/mol. The number of carboxylic acids is 1. The largest absolute Gasteiger partial charge is 0.490 e. The maximum atomic E-state index is 12.3. The minimum atomic E-state index is -5.08. The molecule has 0 radical (unpaired) electrons. The summed E-state index contributed by atoms with van der Waals surface area (Å²) in [5.74, 6) is -1.88. The number of piperazine rings is 1. The van der Waals surface area contributed by atoms with Gasteiger partial charge in [-0.15, -0.1) is 0 Å². The minimum absolute atomic E-state index is 0.0904. The summed E-state index contributed by atoms with van der Waals surface area (Å²) >= 11 is 0. The van der Waals surface area contributed by atoms with Gasteiger partial charge in [-0.3, -0.25) is 4.79 Å². The highest BCUT2D eigenvalue weighted by Gasteiger charge is 2.38. The van der Waals surface area contributed by atoms with Crippen LogP contribution in [-0.2, 0) is 11.3 Å². The first-order valence-electron chi connectivity index (χ1n) is 9.15. The van der Waals surface area contributed by atoms with E-state index in [1.54, 1.807) is 6.20 Å². The van der Waals surface area contributed by atoms with Gasteiger partial charge in [0, 0.05) is 32.4 Å². The van der Waals surface area contributed by atoms with E-state index in [2.05, 4.69) is 27.3 Å². The van der Waals surface area contributed by atoms with Crippen molar-refractivity contribution < 1.29 is 23.1 Å². The number of alkyl halides is 3. The number of nitrogens with one attached hydrogen (secondary N) is 2. The minimum Gasteiger partial charge on any atom is -0.475 e. The van der Waals surface area contributed by atoms with Crippen molar-refractivity contribution in [2.45, 2.75) is 12.7 Å². The van der Waals surface area contributed by atoms with Crippen molar-refractivity contribution in [2.75, 3.05) is 31.1 Å². The number of benzene rings is 1. The van der Waals surface area contributed by atoms with Gasteiger partial charge in [-0.25, -0.2) is 9.78 Å². The Bertz CT molecular complexity index is 1060. The molecular formula is C19H20F3N5O3. The van der Waals surface area contributed by atoms with Gasteiger partial charge in [0.2, 0.25) is 5.95 Å². The Morgan fingerprint density at radius 3 is 2.37 bits per heavy atom. The lowest BCUT2D eigenvalue weighted by atomic mass is 10.2. The Balaban J connectivity index is 0.000000318. The lowest BCUT2D eigenvalue weighted by Gasteiger charge is -2.28. The molecule has 0 aliphatic carbocycles. The van der Waals surface area contributed by atoms with E-state index >= 15 is 0 Å². The van der Waals surface area contributed by atoms with Crippen LogP contribution in [0.2, 0.25) is 0 Å². The number of carboxylic acid groups (broad SMARTS) is 1. The van der Waals surface area contributed by atoms with E-state index in [1.807, 2.05) is 28.8 Å². The summed E-state index contributed by atoms with van der Waals surface area (Å²) in [6.07, 6.45) is -3.42. The quantitative estimate of drug-likeness (QED) is 0.594. The average Bonchev–Trinajstić information content (AvgIpc) is 3.09. The van der Waals surface area contributed by atoms with E-state index in [-0.39, 0.29) is 5.56 Å². The van der Waals surface area contributed by atoms with E-state index < -0.39 is 12.1 Å². The second kappa shape index (κ2) is 8.99. The molecule has 1 saturated heterocycles. The highest BCUT2D eigenvalue weighted by atomic mass is 19.4. The molecule has 3 heterocycles. The molecule has 0 unspecified atom stereocenters. The van der Waals surface area contributed by atoms with Crippen LogP contribution in [0.1, 0.15) is 5.56 Å². The number of imidazole rings is 1. The Hall–Kier alpha value is -3.34. The van der Waals surface area contributed by atoms with Crippen LogP contribution < -0.4 is 15.8 Å². The number of hydrogen-bond acceptors (Lipinski definition) is 5. The molecule has 0 bridgehead atoms. The summed E-state index contributed by atoms with van der Waals surface area (Å²) in [5.41, 5.74) is 2.46. The van der Waals surface area contributed by atoms with Gasteiger partial charge < -0.3 is 24.9 Å². The third-order valence-corrected chi connectivity index (χ3v) is 4.47. The summed E-state index contributed by atoms with van der Waals surface area (Å²) in [7, 11) is 0. The summed E-state index contributed by atoms with van der Waals surface area (Å²) in [6.45, 7) is 4.31. The van der Waals surface area contributed by atoms with Gasteiger partial charge in [-0.05, 0) is 11.6 Å². The van der Waals surface area contributed by atoms with Gasteiger partial charge in [0.25, 0.3) is 5.56 Å². The zero-order valence-corrected chi connectivity index (χ0v) is 15.8. The van der Waals surface area contributed by atoms with Gasteiger partial charge >= 0.3 is 12.1 Å². The van der Waals surface area contributed by atoms with Crippen LogP contribution in [0.3, 0.4) is 0 Å². The number of pyridine rings is 1. The molecule has 11 heteroatoms. The lowest BCUT2D eigenvalue weighted by molar-refractivity contribution is -0.192. The number of aromatic amines is 1. The fraction of sp³-hybridized carbons (Fsp3) is 0.316. The van der Waals surface area contributed by atoms with Crippen molar-refractivity contribution in [3.05, 3.63) is 58.5 Å². The van der Waals surface area contributed by atoms with Crippen molar-refractivity contribution in [3.63, 3.8) is 0 Å². The Morgan fingerprint density at radius 1 is 1.13 bits per heavy atom. The summed E-state index contributed by atoms with van der Waals surface area (Å²) in [4.78, 5) is 31.0. The number of H-pyrrole nitrogens is 1. The topological polar surface area (TPSA) is 103 Å². The van der Waals surface area contributed by atoms with Crippen LogP contribution in [-0.4, -0.2) is 58.0 Å². The van der Waals surface area contributed by atoms with Crippen LogP contribution in [0.5, 0.6) is 0 Å². The van der Waals surface area contributed by atoms with Crippen molar-refractivity contribution in [1.29, 1.82) is 0 Å². The smallest absolute Gasteiger partial charge is 0.475 e. The molecule has 0 atom stereocenters. The standard InChI is InChI=1S/C17H19N5O.C2HF3O2/c23-16-15-14(6-7-19-16)20-17(21-10-8-18-9-11-21)22(15)12-13-4-2-1-3-5-13;3-2(4,5)1(6)7/h1-7,18H,8-12H2,(H,19,23);(H,6,7). The van der Waals surface area contributed by atoms with Crippen LogP contribution in [0.4, 0.5) is 19.1 Å². The number of rotatable bonds is 3. The molecular weight excluding hydrogens is 403 g/mol.